The third-order valence-electron chi connectivity index (χ3n) is 4.28. The van der Waals surface area contributed by atoms with Gasteiger partial charge in [-0.15, -0.1) is 0 Å². The zero-order valence-corrected chi connectivity index (χ0v) is 14.1. The second-order valence-corrected chi connectivity index (χ2v) is 6.44. The Bertz CT molecular complexity index is 770. The number of para-hydroxylation sites is 2. The van der Waals surface area contributed by atoms with E-state index in [-0.39, 0.29) is 31.5 Å². The molecule has 1 atom stereocenters. The van der Waals surface area contributed by atoms with E-state index in [1.165, 1.54) is 4.90 Å². The molecule has 1 aliphatic heterocycles. The molecular formula is C17H20F3N3O2. The number of halogens is 3. The minimum Gasteiger partial charge on any atom is -0.365 e. The number of hydrogen-bond donors (Lipinski definition) is 0. The molecule has 25 heavy (non-hydrogen) atoms. The van der Waals surface area contributed by atoms with Gasteiger partial charge in [0, 0.05) is 12.5 Å². The van der Waals surface area contributed by atoms with E-state index >= 15 is 0 Å². The van der Waals surface area contributed by atoms with Gasteiger partial charge in [-0.3, -0.25) is 4.79 Å². The van der Waals surface area contributed by atoms with Gasteiger partial charge in [-0.05, 0) is 12.1 Å². The highest BCUT2D eigenvalue weighted by atomic mass is 19.4. The zero-order valence-electron chi connectivity index (χ0n) is 14.1. The van der Waals surface area contributed by atoms with Crippen LogP contribution in [0.3, 0.4) is 0 Å². The number of hydrogen-bond acceptors (Lipinski definition) is 3. The van der Waals surface area contributed by atoms with Gasteiger partial charge in [-0.1, -0.05) is 26.0 Å². The fourth-order valence-electron chi connectivity index (χ4n) is 3.01. The minimum absolute atomic E-state index is 0.0292. The Balaban J connectivity index is 1.83. The van der Waals surface area contributed by atoms with E-state index in [4.69, 9.17) is 4.74 Å². The number of alkyl halides is 3. The van der Waals surface area contributed by atoms with Crippen molar-refractivity contribution in [2.75, 3.05) is 19.7 Å². The van der Waals surface area contributed by atoms with Crippen LogP contribution in [-0.4, -0.2) is 52.3 Å². The lowest BCUT2D eigenvalue weighted by molar-refractivity contribution is -0.236. The van der Waals surface area contributed by atoms with Gasteiger partial charge in [0.1, 0.15) is 12.4 Å². The first-order valence-corrected chi connectivity index (χ1v) is 8.18. The van der Waals surface area contributed by atoms with E-state index in [9.17, 15) is 18.0 Å². The van der Waals surface area contributed by atoms with Crippen molar-refractivity contribution in [3.63, 3.8) is 0 Å². The predicted molar refractivity (Wildman–Crippen MR) is 86.2 cm³/mol. The Morgan fingerprint density at radius 2 is 2.08 bits per heavy atom. The number of amides is 1. The summed E-state index contributed by atoms with van der Waals surface area (Å²) in [4.78, 5) is 18.4. The Labute approximate surface area is 143 Å². The summed E-state index contributed by atoms with van der Waals surface area (Å²) in [5.41, 5.74) is 1.58. The summed E-state index contributed by atoms with van der Waals surface area (Å²) < 4.78 is 45.1. The summed E-state index contributed by atoms with van der Waals surface area (Å²) in [5.74, 6) is 0.477. The van der Waals surface area contributed by atoms with E-state index < -0.39 is 18.8 Å². The van der Waals surface area contributed by atoms with Crippen molar-refractivity contribution in [1.29, 1.82) is 0 Å². The first kappa shape index (κ1) is 17.7. The van der Waals surface area contributed by atoms with Crippen LogP contribution in [0.5, 0.6) is 0 Å². The van der Waals surface area contributed by atoms with E-state index in [0.29, 0.717) is 0 Å². The standard InChI is InChI=1S/C17H20F3N3O2/c1-11(2)16-21-12-5-3-4-6-13(12)23(16)10-15(24)22-7-8-25-14(9-22)17(18,19)20/h3-6,11,14H,7-10H2,1-2H3/t14-/m0/s1. The highest BCUT2D eigenvalue weighted by molar-refractivity contribution is 5.81. The maximum Gasteiger partial charge on any atom is 0.416 e. The summed E-state index contributed by atoms with van der Waals surface area (Å²) in [5, 5.41) is 0. The molecule has 8 heteroatoms. The summed E-state index contributed by atoms with van der Waals surface area (Å²) in [6.07, 6.45) is -6.39. The SMILES string of the molecule is CC(C)c1nc2ccccc2n1CC(=O)N1CCO[C@H](C(F)(F)F)C1. The lowest BCUT2D eigenvalue weighted by Crippen LogP contribution is -2.51. The van der Waals surface area contributed by atoms with Crippen molar-refractivity contribution in [3.8, 4) is 0 Å². The van der Waals surface area contributed by atoms with Crippen LogP contribution in [0.25, 0.3) is 11.0 Å². The number of aromatic nitrogens is 2. The first-order chi connectivity index (χ1) is 11.8. The molecule has 0 bridgehead atoms. The number of carbonyl (C=O) groups is 1. The van der Waals surface area contributed by atoms with Gasteiger partial charge in [0.15, 0.2) is 6.10 Å². The molecule has 2 aromatic rings. The van der Waals surface area contributed by atoms with Crippen LogP contribution in [-0.2, 0) is 16.1 Å². The van der Waals surface area contributed by atoms with Gasteiger partial charge >= 0.3 is 6.18 Å². The number of morpholine rings is 1. The Kier molecular flexibility index (Phi) is 4.73. The first-order valence-electron chi connectivity index (χ1n) is 8.18. The lowest BCUT2D eigenvalue weighted by Gasteiger charge is -2.34. The molecule has 0 radical (unpaired) electrons. The molecule has 3 rings (SSSR count). The Morgan fingerprint density at radius 3 is 2.76 bits per heavy atom. The quantitative estimate of drug-likeness (QED) is 0.851. The van der Waals surface area contributed by atoms with Crippen LogP contribution in [0.2, 0.25) is 0 Å². The molecule has 1 aromatic carbocycles. The number of nitrogens with zero attached hydrogens (tertiary/aromatic N) is 3. The monoisotopic (exact) mass is 355 g/mol. The average Bonchev–Trinajstić information content (AvgIpc) is 2.93. The average molecular weight is 355 g/mol. The fraction of sp³-hybridized carbons (Fsp3) is 0.529. The second-order valence-electron chi connectivity index (χ2n) is 6.44. The smallest absolute Gasteiger partial charge is 0.365 e. The van der Waals surface area contributed by atoms with E-state index in [1.54, 1.807) is 4.57 Å². The summed E-state index contributed by atoms with van der Waals surface area (Å²) in [7, 11) is 0. The number of fused-ring (bicyclic) bond motifs is 1. The van der Waals surface area contributed by atoms with Gasteiger partial charge in [-0.25, -0.2) is 4.98 Å². The number of benzene rings is 1. The molecule has 136 valence electrons. The fourth-order valence-corrected chi connectivity index (χ4v) is 3.01. The maximum atomic E-state index is 12.9. The normalized spacial score (nSPS) is 19.0. The van der Waals surface area contributed by atoms with Crippen LogP contribution in [0.1, 0.15) is 25.6 Å². The molecule has 0 spiro atoms. The van der Waals surface area contributed by atoms with Crippen molar-refractivity contribution in [2.24, 2.45) is 0 Å². The lowest BCUT2D eigenvalue weighted by atomic mass is 10.2. The van der Waals surface area contributed by atoms with Crippen LogP contribution in [0.15, 0.2) is 24.3 Å². The third-order valence-corrected chi connectivity index (χ3v) is 4.28. The highest BCUT2D eigenvalue weighted by Crippen LogP contribution is 2.26. The summed E-state index contributed by atoms with van der Waals surface area (Å²) in [6.45, 7) is 3.49. The number of carbonyl (C=O) groups excluding carboxylic acids is 1. The Hall–Kier alpha value is -2.09. The Morgan fingerprint density at radius 1 is 1.36 bits per heavy atom. The molecule has 1 aliphatic rings. The van der Waals surface area contributed by atoms with Gasteiger partial charge in [0.05, 0.1) is 24.2 Å². The van der Waals surface area contributed by atoms with Gasteiger partial charge < -0.3 is 14.2 Å². The van der Waals surface area contributed by atoms with E-state index in [2.05, 4.69) is 4.98 Å². The predicted octanol–water partition coefficient (Wildman–Crippen LogP) is 2.95. The third kappa shape index (κ3) is 3.63. The number of ether oxygens (including phenoxy) is 1. The highest BCUT2D eigenvalue weighted by Gasteiger charge is 2.44. The topological polar surface area (TPSA) is 47.4 Å². The van der Waals surface area contributed by atoms with E-state index in [0.717, 1.165) is 16.9 Å². The summed E-state index contributed by atoms with van der Waals surface area (Å²) in [6, 6.07) is 7.43. The molecule has 1 fully saturated rings. The minimum atomic E-state index is -4.47. The van der Waals surface area contributed by atoms with Crippen LogP contribution >= 0.6 is 0 Å². The van der Waals surface area contributed by atoms with Crippen molar-refractivity contribution >= 4 is 16.9 Å². The molecular weight excluding hydrogens is 335 g/mol. The van der Waals surface area contributed by atoms with Gasteiger partial charge in [-0.2, -0.15) is 13.2 Å². The van der Waals surface area contributed by atoms with Gasteiger partial charge in [0.25, 0.3) is 0 Å². The molecule has 1 saturated heterocycles. The van der Waals surface area contributed by atoms with Gasteiger partial charge in [0.2, 0.25) is 5.91 Å². The summed E-state index contributed by atoms with van der Waals surface area (Å²) >= 11 is 0. The van der Waals surface area contributed by atoms with Crippen molar-refractivity contribution in [1.82, 2.24) is 14.5 Å². The number of imidazole rings is 1. The van der Waals surface area contributed by atoms with Crippen LogP contribution in [0.4, 0.5) is 13.2 Å². The molecule has 0 N–H and O–H groups in total. The van der Waals surface area contributed by atoms with Crippen molar-refractivity contribution < 1.29 is 22.7 Å². The molecule has 1 amide bonds. The second kappa shape index (κ2) is 6.67. The number of rotatable bonds is 3. The zero-order chi connectivity index (χ0) is 18.2. The van der Waals surface area contributed by atoms with Crippen LogP contribution in [0, 0.1) is 0 Å². The molecule has 5 nitrogen and oxygen atoms in total. The van der Waals surface area contributed by atoms with E-state index in [1.807, 2.05) is 38.1 Å². The largest absolute Gasteiger partial charge is 0.416 e. The maximum absolute atomic E-state index is 12.9. The molecule has 1 aromatic heterocycles. The molecule has 0 saturated carbocycles. The van der Waals surface area contributed by atoms with Crippen molar-refractivity contribution in [3.05, 3.63) is 30.1 Å². The molecule has 0 aliphatic carbocycles. The molecule has 2 heterocycles. The molecule has 0 unspecified atom stereocenters. The van der Waals surface area contributed by atoms with Crippen LogP contribution < -0.4 is 0 Å². The van der Waals surface area contributed by atoms with Crippen molar-refractivity contribution in [2.45, 2.75) is 38.6 Å².